The maximum atomic E-state index is 12.3. The summed E-state index contributed by atoms with van der Waals surface area (Å²) in [6, 6.07) is 11.5. The zero-order chi connectivity index (χ0) is 16.3. The average Bonchev–Trinajstić information content (AvgIpc) is 2.52. The van der Waals surface area contributed by atoms with Crippen molar-refractivity contribution in [2.75, 3.05) is 13.4 Å². The van der Waals surface area contributed by atoms with Crippen molar-refractivity contribution in [2.45, 2.75) is 31.6 Å². The summed E-state index contributed by atoms with van der Waals surface area (Å²) in [5.41, 5.74) is 3.68. The van der Waals surface area contributed by atoms with E-state index in [0.717, 1.165) is 29.5 Å². The van der Waals surface area contributed by atoms with E-state index in [2.05, 4.69) is 6.92 Å². The summed E-state index contributed by atoms with van der Waals surface area (Å²) in [7, 11) is -1.71. The van der Waals surface area contributed by atoms with Gasteiger partial charge in [-0.3, -0.25) is 0 Å². The normalized spacial score (nSPS) is 11.5. The van der Waals surface area contributed by atoms with Gasteiger partial charge < -0.3 is 4.74 Å². The molecule has 0 saturated carbocycles. The highest BCUT2D eigenvalue weighted by molar-refractivity contribution is 7.90. The number of rotatable bonds is 5. The van der Waals surface area contributed by atoms with Crippen molar-refractivity contribution in [3.8, 4) is 16.9 Å². The lowest BCUT2D eigenvalue weighted by molar-refractivity contribution is 0.416. The number of methoxy groups -OCH3 is 1. The van der Waals surface area contributed by atoms with Crippen LogP contribution in [0.25, 0.3) is 11.1 Å². The molecule has 0 unspecified atom stereocenters. The highest BCUT2D eigenvalue weighted by Gasteiger charge is 2.20. The molecule has 0 aliphatic carbocycles. The zero-order valence-electron chi connectivity index (χ0n) is 13.5. The molecule has 22 heavy (non-hydrogen) atoms. The molecule has 0 aromatic heterocycles. The molecule has 0 aliphatic heterocycles. The Kier molecular flexibility index (Phi) is 4.91. The van der Waals surface area contributed by atoms with E-state index in [-0.39, 0.29) is 0 Å². The summed E-state index contributed by atoms with van der Waals surface area (Å²) in [6.07, 6.45) is 2.87. The highest BCUT2D eigenvalue weighted by atomic mass is 32.2. The van der Waals surface area contributed by atoms with Crippen molar-refractivity contribution in [3.05, 3.63) is 47.5 Å². The third-order valence-electron chi connectivity index (χ3n) is 3.84. The topological polar surface area (TPSA) is 43.4 Å². The van der Waals surface area contributed by atoms with E-state index in [1.165, 1.54) is 6.26 Å². The molecule has 3 nitrogen and oxygen atoms in total. The van der Waals surface area contributed by atoms with Gasteiger partial charge in [-0.1, -0.05) is 38.1 Å². The number of hydrogen-bond acceptors (Lipinski definition) is 3. The molecule has 0 radical (unpaired) electrons. The number of aryl methyl sites for hydroxylation is 2. The molecule has 0 N–H and O–H groups in total. The van der Waals surface area contributed by atoms with E-state index in [4.69, 9.17) is 4.74 Å². The highest BCUT2D eigenvalue weighted by Crippen LogP contribution is 2.38. The molecule has 0 saturated heterocycles. The van der Waals surface area contributed by atoms with Gasteiger partial charge >= 0.3 is 0 Å². The molecular weight excluding hydrogens is 296 g/mol. The Hall–Kier alpha value is -1.81. The van der Waals surface area contributed by atoms with Gasteiger partial charge in [-0.2, -0.15) is 0 Å². The van der Waals surface area contributed by atoms with E-state index < -0.39 is 9.84 Å². The van der Waals surface area contributed by atoms with Crippen LogP contribution in [0.1, 0.15) is 25.0 Å². The number of benzene rings is 2. The van der Waals surface area contributed by atoms with Crippen molar-refractivity contribution in [3.63, 3.8) is 0 Å². The summed E-state index contributed by atoms with van der Waals surface area (Å²) in [5.74, 6) is 0.702. The van der Waals surface area contributed by atoms with Crippen LogP contribution in [0.5, 0.6) is 5.75 Å². The Bertz CT molecular complexity index is 755. The van der Waals surface area contributed by atoms with Crippen LogP contribution >= 0.6 is 0 Å². The van der Waals surface area contributed by atoms with Gasteiger partial charge in [0, 0.05) is 17.4 Å². The average molecular weight is 318 g/mol. The van der Waals surface area contributed by atoms with Crippen LogP contribution in [-0.4, -0.2) is 21.8 Å². The van der Waals surface area contributed by atoms with Gasteiger partial charge in [0.05, 0.1) is 12.0 Å². The van der Waals surface area contributed by atoms with E-state index in [1.54, 1.807) is 13.2 Å². The third-order valence-corrected chi connectivity index (χ3v) is 4.97. The zero-order valence-corrected chi connectivity index (χ0v) is 14.3. The molecule has 2 rings (SSSR count). The fourth-order valence-corrected chi connectivity index (χ4v) is 3.58. The molecule has 118 valence electrons. The SMILES string of the molecule is CCc1ccc(-c2c(CC)cccc2OC)c(S(C)(=O)=O)c1. The first-order valence-electron chi connectivity index (χ1n) is 7.41. The second-order valence-electron chi connectivity index (χ2n) is 5.30. The van der Waals surface area contributed by atoms with E-state index in [0.29, 0.717) is 16.2 Å². The Morgan fingerprint density at radius 1 is 1.05 bits per heavy atom. The van der Waals surface area contributed by atoms with E-state index in [1.807, 2.05) is 37.3 Å². The molecule has 0 bridgehead atoms. The van der Waals surface area contributed by atoms with Gasteiger partial charge in [-0.25, -0.2) is 8.42 Å². The van der Waals surface area contributed by atoms with Crippen LogP contribution in [0.3, 0.4) is 0 Å². The predicted octanol–water partition coefficient (Wildman–Crippen LogP) is 3.89. The van der Waals surface area contributed by atoms with Crippen LogP contribution in [0.15, 0.2) is 41.3 Å². The lowest BCUT2D eigenvalue weighted by Crippen LogP contribution is -2.03. The summed E-state index contributed by atoms with van der Waals surface area (Å²) in [4.78, 5) is 0.367. The van der Waals surface area contributed by atoms with Gasteiger partial charge in [0.15, 0.2) is 9.84 Å². The summed E-state index contributed by atoms with van der Waals surface area (Å²) in [5, 5.41) is 0. The minimum Gasteiger partial charge on any atom is -0.496 e. The first-order chi connectivity index (χ1) is 10.4. The molecule has 0 fully saturated rings. The van der Waals surface area contributed by atoms with Crippen molar-refractivity contribution in [2.24, 2.45) is 0 Å². The fraction of sp³-hybridized carbons (Fsp3) is 0.333. The monoisotopic (exact) mass is 318 g/mol. The standard InChI is InChI=1S/C18H22O3S/c1-5-13-10-11-15(17(12-13)22(4,19)20)18-14(6-2)8-7-9-16(18)21-3/h7-12H,5-6H2,1-4H3. The second kappa shape index (κ2) is 6.53. The van der Waals surface area contributed by atoms with Crippen molar-refractivity contribution >= 4 is 9.84 Å². The van der Waals surface area contributed by atoms with Crippen LogP contribution < -0.4 is 4.74 Å². The third kappa shape index (κ3) is 3.17. The van der Waals surface area contributed by atoms with Crippen molar-refractivity contribution in [1.82, 2.24) is 0 Å². The smallest absolute Gasteiger partial charge is 0.176 e. The Labute approximate surface area is 132 Å². The molecule has 0 spiro atoms. The maximum Gasteiger partial charge on any atom is 0.176 e. The van der Waals surface area contributed by atoms with E-state index >= 15 is 0 Å². The van der Waals surface area contributed by atoms with Crippen molar-refractivity contribution < 1.29 is 13.2 Å². The largest absolute Gasteiger partial charge is 0.496 e. The van der Waals surface area contributed by atoms with Crippen molar-refractivity contribution in [1.29, 1.82) is 0 Å². The minimum absolute atomic E-state index is 0.367. The summed E-state index contributed by atoms with van der Waals surface area (Å²) >= 11 is 0. The first-order valence-corrected chi connectivity index (χ1v) is 9.30. The summed E-state index contributed by atoms with van der Waals surface area (Å²) in [6.45, 7) is 4.07. The predicted molar refractivity (Wildman–Crippen MR) is 90.3 cm³/mol. The number of sulfone groups is 1. The van der Waals surface area contributed by atoms with Gasteiger partial charge in [-0.05, 0) is 36.1 Å². The second-order valence-corrected chi connectivity index (χ2v) is 7.29. The molecule has 4 heteroatoms. The van der Waals surface area contributed by atoms with Gasteiger partial charge in [0.1, 0.15) is 5.75 Å². The van der Waals surface area contributed by atoms with Crippen LogP contribution in [0.2, 0.25) is 0 Å². The minimum atomic E-state index is -3.32. The number of ether oxygens (including phenoxy) is 1. The van der Waals surface area contributed by atoms with Gasteiger partial charge in [0.25, 0.3) is 0 Å². The summed E-state index contributed by atoms with van der Waals surface area (Å²) < 4.78 is 30.0. The fourth-order valence-electron chi connectivity index (χ4n) is 2.65. The molecule has 0 atom stereocenters. The molecule has 2 aromatic rings. The first kappa shape index (κ1) is 16.6. The molecule has 2 aromatic carbocycles. The number of hydrogen-bond donors (Lipinski definition) is 0. The molecular formula is C18H22O3S. The Morgan fingerprint density at radius 2 is 1.77 bits per heavy atom. The van der Waals surface area contributed by atoms with Gasteiger partial charge in [-0.15, -0.1) is 0 Å². The Morgan fingerprint density at radius 3 is 2.32 bits per heavy atom. The lowest BCUT2D eigenvalue weighted by atomic mass is 9.95. The quantitative estimate of drug-likeness (QED) is 0.840. The van der Waals surface area contributed by atoms with Gasteiger partial charge in [0.2, 0.25) is 0 Å². The molecule has 0 heterocycles. The van der Waals surface area contributed by atoms with Crippen LogP contribution in [0.4, 0.5) is 0 Å². The Balaban J connectivity index is 2.84. The molecule has 0 amide bonds. The van der Waals surface area contributed by atoms with Crippen LogP contribution in [-0.2, 0) is 22.7 Å². The maximum absolute atomic E-state index is 12.3. The van der Waals surface area contributed by atoms with Crippen LogP contribution in [0, 0.1) is 0 Å². The lowest BCUT2D eigenvalue weighted by Gasteiger charge is -2.16. The van der Waals surface area contributed by atoms with E-state index in [9.17, 15) is 8.42 Å². The molecule has 0 aliphatic rings.